The number of benzene rings is 1. The van der Waals surface area contributed by atoms with E-state index in [-0.39, 0.29) is 0 Å². The Hall–Kier alpha value is -1.31. The number of rotatable bonds is 3. The van der Waals surface area contributed by atoms with Crippen LogP contribution in [0, 0.1) is 5.92 Å². The number of hydrogen-bond donors (Lipinski definition) is 1. The van der Waals surface area contributed by atoms with Gasteiger partial charge in [-0.05, 0) is 48.6 Å². The maximum Gasteiger partial charge on any atom is 0.115 e. The van der Waals surface area contributed by atoms with Crippen molar-refractivity contribution in [2.45, 2.75) is 32.1 Å². The molecule has 1 fully saturated rings. The van der Waals surface area contributed by atoms with Crippen LogP contribution >= 0.6 is 0 Å². The zero-order valence-electron chi connectivity index (χ0n) is 9.60. The molecule has 1 aromatic carbocycles. The van der Waals surface area contributed by atoms with E-state index in [0.717, 1.165) is 18.0 Å². The van der Waals surface area contributed by atoms with E-state index in [1.807, 2.05) is 18.3 Å². The summed E-state index contributed by atoms with van der Waals surface area (Å²) in [5.74, 6) is 1.10. The first kappa shape index (κ1) is 11.2. The van der Waals surface area contributed by atoms with E-state index in [0.29, 0.717) is 5.75 Å². The van der Waals surface area contributed by atoms with E-state index >= 15 is 0 Å². The third-order valence-corrected chi connectivity index (χ3v) is 3.22. The summed E-state index contributed by atoms with van der Waals surface area (Å²) in [5.41, 5.74) is 1.06. The van der Waals surface area contributed by atoms with Crippen molar-refractivity contribution >= 4 is 6.21 Å². The van der Waals surface area contributed by atoms with E-state index in [9.17, 15) is 0 Å². The summed E-state index contributed by atoms with van der Waals surface area (Å²) in [4.78, 5) is 4.49. The fraction of sp³-hybridized carbons (Fsp3) is 0.500. The van der Waals surface area contributed by atoms with Crippen LogP contribution in [0.2, 0.25) is 0 Å². The molecule has 1 saturated carbocycles. The third-order valence-electron chi connectivity index (χ3n) is 3.22. The molecule has 0 spiro atoms. The summed E-state index contributed by atoms with van der Waals surface area (Å²) >= 11 is 0. The Bertz CT molecular complexity index is 336. The number of phenols is 1. The van der Waals surface area contributed by atoms with Gasteiger partial charge in [0, 0.05) is 12.8 Å². The number of nitrogens with zero attached hydrogens (tertiary/aromatic N) is 1. The number of phenolic OH excluding ortho intramolecular Hbond substituents is 1. The number of hydrogen-bond acceptors (Lipinski definition) is 2. The lowest BCUT2D eigenvalue weighted by Crippen LogP contribution is -2.09. The summed E-state index contributed by atoms with van der Waals surface area (Å²) < 4.78 is 0. The van der Waals surface area contributed by atoms with E-state index < -0.39 is 0 Å². The van der Waals surface area contributed by atoms with Gasteiger partial charge in [-0.3, -0.25) is 4.99 Å². The van der Waals surface area contributed by atoms with Gasteiger partial charge in [0.15, 0.2) is 0 Å². The van der Waals surface area contributed by atoms with E-state index in [4.69, 9.17) is 5.11 Å². The first-order chi connectivity index (χ1) is 7.84. The number of aliphatic imine (C=N–C) groups is 1. The minimum atomic E-state index is 0.310. The Balaban J connectivity index is 1.82. The lowest BCUT2D eigenvalue weighted by molar-refractivity contribution is 0.367. The third kappa shape index (κ3) is 3.37. The van der Waals surface area contributed by atoms with Crippen LogP contribution < -0.4 is 0 Å². The van der Waals surface area contributed by atoms with Gasteiger partial charge in [-0.15, -0.1) is 0 Å². The maximum atomic E-state index is 9.14. The molecule has 0 saturated heterocycles. The van der Waals surface area contributed by atoms with E-state index in [1.54, 1.807) is 12.1 Å². The molecule has 0 heterocycles. The maximum absolute atomic E-state index is 9.14. The SMILES string of the molecule is Oc1ccc(/C=N/CC2CCCCC2)cc1. The first-order valence-corrected chi connectivity index (χ1v) is 6.13. The van der Waals surface area contributed by atoms with Crippen molar-refractivity contribution in [2.75, 3.05) is 6.54 Å². The smallest absolute Gasteiger partial charge is 0.115 e. The molecule has 0 atom stereocenters. The van der Waals surface area contributed by atoms with Gasteiger partial charge in [0.25, 0.3) is 0 Å². The normalized spacial score (nSPS) is 18.0. The quantitative estimate of drug-likeness (QED) is 0.773. The van der Waals surface area contributed by atoms with Crippen molar-refractivity contribution in [3.05, 3.63) is 29.8 Å². The minimum absolute atomic E-state index is 0.310. The van der Waals surface area contributed by atoms with Crippen LogP contribution in [-0.4, -0.2) is 17.9 Å². The van der Waals surface area contributed by atoms with Gasteiger partial charge in [0.05, 0.1) is 0 Å². The van der Waals surface area contributed by atoms with E-state index in [1.165, 1.54) is 32.1 Å². The second-order valence-electron chi connectivity index (χ2n) is 4.59. The molecule has 16 heavy (non-hydrogen) atoms. The molecular formula is C14H19NO. The minimum Gasteiger partial charge on any atom is -0.508 e. The number of aromatic hydroxyl groups is 1. The van der Waals surface area contributed by atoms with Crippen molar-refractivity contribution < 1.29 is 5.11 Å². The Labute approximate surface area is 97.0 Å². The summed E-state index contributed by atoms with van der Waals surface area (Å²) in [7, 11) is 0. The van der Waals surface area contributed by atoms with Crippen LogP contribution in [-0.2, 0) is 0 Å². The second kappa shape index (κ2) is 5.69. The van der Waals surface area contributed by atoms with Crippen molar-refractivity contribution in [2.24, 2.45) is 10.9 Å². The largest absolute Gasteiger partial charge is 0.508 e. The molecule has 1 N–H and O–H groups in total. The topological polar surface area (TPSA) is 32.6 Å². The van der Waals surface area contributed by atoms with Gasteiger partial charge >= 0.3 is 0 Å². The molecular weight excluding hydrogens is 198 g/mol. The van der Waals surface area contributed by atoms with Crippen molar-refractivity contribution in [1.29, 1.82) is 0 Å². The van der Waals surface area contributed by atoms with Crippen molar-refractivity contribution in [3.63, 3.8) is 0 Å². The van der Waals surface area contributed by atoms with Crippen LogP contribution in [0.3, 0.4) is 0 Å². The average Bonchev–Trinajstić information content (AvgIpc) is 2.33. The highest BCUT2D eigenvalue weighted by Crippen LogP contribution is 2.23. The molecule has 2 heteroatoms. The summed E-state index contributed by atoms with van der Waals surface area (Å²) in [6, 6.07) is 7.17. The van der Waals surface area contributed by atoms with Gasteiger partial charge < -0.3 is 5.11 Å². The van der Waals surface area contributed by atoms with Crippen LogP contribution in [0.15, 0.2) is 29.3 Å². The second-order valence-corrected chi connectivity index (χ2v) is 4.59. The van der Waals surface area contributed by atoms with Crippen LogP contribution in [0.1, 0.15) is 37.7 Å². The van der Waals surface area contributed by atoms with Crippen molar-refractivity contribution in [1.82, 2.24) is 0 Å². The van der Waals surface area contributed by atoms with Crippen LogP contribution in [0.25, 0.3) is 0 Å². The Morgan fingerprint density at radius 2 is 1.81 bits per heavy atom. The molecule has 1 aliphatic rings. The fourth-order valence-corrected chi connectivity index (χ4v) is 2.24. The van der Waals surface area contributed by atoms with Crippen molar-refractivity contribution in [3.8, 4) is 5.75 Å². The highest BCUT2D eigenvalue weighted by Gasteiger charge is 2.11. The Morgan fingerprint density at radius 3 is 2.50 bits per heavy atom. The molecule has 2 nitrogen and oxygen atoms in total. The van der Waals surface area contributed by atoms with Gasteiger partial charge in [-0.2, -0.15) is 0 Å². The zero-order valence-corrected chi connectivity index (χ0v) is 9.60. The van der Waals surface area contributed by atoms with Crippen LogP contribution in [0.4, 0.5) is 0 Å². The molecule has 1 aliphatic carbocycles. The fourth-order valence-electron chi connectivity index (χ4n) is 2.24. The highest BCUT2D eigenvalue weighted by molar-refractivity contribution is 5.79. The highest BCUT2D eigenvalue weighted by atomic mass is 16.3. The Morgan fingerprint density at radius 1 is 1.12 bits per heavy atom. The van der Waals surface area contributed by atoms with Gasteiger partial charge in [-0.1, -0.05) is 19.3 Å². The lowest BCUT2D eigenvalue weighted by Gasteiger charge is -2.19. The van der Waals surface area contributed by atoms with Gasteiger partial charge in [0.2, 0.25) is 0 Å². The average molecular weight is 217 g/mol. The summed E-state index contributed by atoms with van der Waals surface area (Å²) in [5, 5.41) is 9.14. The molecule has 0 bridgehead atoms. The molecule has 0 unspecified atom stereocenters. The molecule has 0 aliphatic heterocycles. The first-order valence-electron chi connectivity index (χ1n) is 6.13. The van der Waals surface area contributed by atoms with Crippen LogP contribution in [0.5, 0.6) is 5.75 Å². The summed E-state index contributed by atoms with van der Waals surface area (Å²) in [6.45, 7) is 0.959. The molecule has 1 aromatic rings. The van der Waals surface area contributed by atoms with Gasteiger partial charge in [0.1, 0.15) is 5.75 Å². The lowest BCUT2D eigenvalue weighted by atomic mass is 9.89. The zero-order chi connectivity index (χ0) is 11.2. The predicted octanol–water partition coefficient (Wildman–Crippen LogP) is 3.39. The Kier molecular flexibility index (Phi) is 3.97. The molecule has 0 aromatic heterocycles. The monoisotopic (exact) mass is 217 g/mol. The summed E-state index contributed by atoms with van der Waals surface area (Å²) in [6.07, 6.45) is 8.74. The molecule has 0 amide bonds. The van der Waals surface area contributed by atoms with E-state index in [2.05, 4.69) is 4.99 Å². The molecule has 2 rings (SSSR count). The standard InChI is InChI=1S/C14H19NO/c16-14-8-6-13(7-9-14)11-15-10-12-4-2-1-3-5-12/h6-9,11-12,16H,1-5,10H2/b15-11+. The predicted molar refractivity (Wildman–Crippen MR) is 67.1 cm³/mol. The van der Waals surface area contributed by atoms with Gasteiger partial charge in [-0.25, -0.2) is 0 Å². The molecule has 0 radical (unpaired) electrons. The molecule has 86 valence electrons.